The molecule has 0 amide bonds. The first-order valence-electron chi connectivity index (χ1n) is 8.91. The second-order valence-corrected chi connectivity index (χ2v) is 19.3. The lowest BCUT2D eigenvalue weighted by Gasteiger charge is -2.28. The van der Waals surface area contributed by atoms with Crippen LogP contribution < -0.4 is 10.4 Å². The van der Waals surface area contributed by atoms with E-state index in [1.807, 2.05) is 13.0 Å². The van der Waals surface area contributed by atoms with Crippen LogP contribution in [-0.4, -0.2) is 16.1 Å². The molecule has 0 spiro atoms. The minimum Gasteiger partial charge on any atom is -0.238 e. The van der Waals surface area contributed by atoms with E-state index in [4.69, 9.17) is 6.57 Å². The van der Waals surface area contributed by atoms with Gasteiger partial charge in [-0.2, -0.15) is 0 Å². The number of nitrogens with zero attached hydrogens (tertiary/aromatic N) is 1. The third kappa shape index (κ3) is 3.29. The van der Waals surface area contributed by atoms with Crippen LogP contribution in [0.4, 0.5) is 5.69 Å². The van der Waals surface area contributed by atoms with Crippen LogP contribution in [0.25, 0.3) is 26.4 Å². The third-order valence-corrected chi connectivity index (χ3v) is 9.29. The van der Waals surface area contributed by atoms with Crippen molar-refractivity contribution >= 4 is 53.8 Å². The van der Waals surface area contributed by atoms with Crippen LogP contribution in [0.2, 0.25) is 39.3 Å². The average Bonchev–Trinajstić information content (AvgIpc) is 2.49. The van der Waals surface area contributed by atoms with Gasteiger partial charge in [0.1, 0.15) is 0 Å². The number of fused-ring (bicyclic) bond motifs is 2. The molecule has 3 aromatic rings. The fraction of sp³-hybridized carbons (Fsp3) is 0.318. The Morgan fingerprint density at radius 1 is 0.640 bits per heavy atom. The topological polar surface area (TPSA) is 4.36 Å². The second-order valence-electron chi connectivity index (χ2n) is 9.19. The summed E-state index contributed by atoms with van der Waals surface area (Å²) < 4.78 is 0. The first-order chi connectivity index (χ1) is 11.5. The summed E-state index contributed by atoms with van der Waals surface area (Å²) in [7, 11) is -2.82. The first-order valence-corrected chi connectivity index (χ1v) is 15.9. The molecular weight excluding hydrogens is 334 g/mol. The average molecular weight is 362 g/mol. The molecule has 128 valence electrons. The number of rotatable bonds is 2. The van der Waals surface area contributed by atoms with E-state index in [2.05, 4.69) is 74.5 Å². The van der Waals surface area contributed by atoms with E-state index in [9.17, 15) is 0 Å². The highest BCUT2D eigenvalue weighted by Gasteiger charge is 2.27. The van der Waals surface area contributed by atoms with Crippen molar-refractivity contribution in [2.24, 2.45) is 0 Å². The molecule has 1 nitrogen and oxygen atoms in total. The van der Waals surface area contributed by atoms with Gasteiger partial charge in [-0.1, -0.05) is 67.9 Å². The number of aryl methyl sites for hydroxylation is 1. The molecule has 3 heteroatoms. The summed E-state index contributed by atoms with van der Waals surface area (Å²) in [5, 5.41) is 8.28. The summed E-state index contributed by atoms with van der Waals surface area (Å²) in [6.45, 7) is 24.1. The zero-order chi connectivity index (χ0) is 18.6. The Balaban J connectivity index is 2.40. The minimum atomic E-state index is -1.41. The standard InChI is InChI=1S/C22H27NSi2/c1-15-9-16-10-18-13-21(24(3,4)5)22(25(6,7)8)14-19(18)11-17(16)12-20(15)23-2/h9-14H,1,3-8H3. The normalized spacial score (nSPS) is 12.6. The lowest BCUT2D eigenvalue weighted by Crippen LogP contribution is -2.56. The molecule has 0 aliphatic heterocycles. The van der Waals surface area contributed by atoms with Crippen LogP contribution in [0.15, 0.2) is 36.4 Å². The first kappa shape index (κ1) is 17.9. The SMILES string of the molecule is [C-]#[N+]c1cc2cc3cc([Si](C)(C)C)c([Si](C)(C)C)cc3cc2cc1C. The molecule has 0 aliphatic rings. The van der Waals surface area contributed by atoms with Crippen molar-refractivity contribution < 1.29 is 0 Å². The Morgan fingerprint density at radius 3 is 1.44 bits per heavy atom. The Bertz CT molecular complexity index is 1030. The lowest BCUT2D eigenvalue weighted by atomic mass is 10.0. The van der Waals surface area contributed by atoms with E-state index in [1.54, 1.807) is 10.4 Å². The van der Waals surface area contributed by atoms with Gasteiger partial charge in [-0.25, -0.2) is 4.85 Å². The Hall–Kier alpha value is -1.90. The van der Waals surface area contributed by atoms with E-state index in [0.29, 0.717) is 0 Å². The van der Waals surface area contributed by atoms with E-state index in [1.165, 1.54) is 21.5 Å². The van der Waals surface area contributed by atoms with Crippen molar-refractivity contribution in [2.75, 3.05) is 0 Å². The molecule has 0 aromatic heterocycles. The molecule has 0 heterocycles. The van der Waals surface area contributed by atoms with Gasteiger partial charge < -0.3 is 0 Å². The lowest BCUT2D eigenvalue weighted by molar-refractivity contribution is 1.52. The number of benzene rings is 3. The van der Waals surface area contributed by atoms with Crippen molar-refractivity contribution in [2.45, 2.75) is 46.2 Å². The largest absolute Gasteiger partial charge is 0.238 e. The van der Waals surface area contributed by atoms with Gasteiger partial charge in [0, 0.05) is 0 Å². The predicted octanol–water partition coefficient (Wildman–Crippen LogP) is 5.94. The quantitative estimate of drug-likeness (QED) is 0.302. The molecule has 25 heavy (non-hydrogen) atoms. The van der Waals surface area contributed by atoms with Gasteiger partial charge in [-0.3, -0.25) is 0 Å². The predicted molar refractivity (Wildman–Crippen MR) is 118 cm³/mol. The van der Waals surface area contributed by atoms with Gasteiger partial charge in [0.05, 0.1) is 22.7 Å². The highest BCUT2D eigenvalue weighted by molar-refractivity contribution is 6.98. The maximum Gasteiger partial charge on any atom is 0.190 e. The summed E-state index contributed by atoms with van der Waals surface area (Å²) in [6.07, 6.45) is 0. The van der Waals surface area contributed by atoms with E-state index >= 15 is 0 Å². The summed E-state index contributed by atoms with van der Waals surface area (Å²) in [6, 6.07) is 13.7. The van der Waals surface area contributed by atoms with Gasteiger partial charge >= 0.3 is 0 Å². The second kappa shape index (κ2) is 5.83. The van der Waals surface area contributed by atoms with E-state index < -0.39 is 16.1 Å². The molecule has 0 aliphatic carbocycles. The zero-order valence-electron chi connectivity index (χ0n) is 16.4. The van der Waals surface area contributed by atoms with Crippen molar-refractivity contribution in [1.29, 1.82) is 0 Å². The third-order valence-electron chi connectivity index (χ3n) is 4.98. The van der Waals surface area contributed by atoms with Crippen molar-refractivity contribution in [1.82, 2.24) is 0 Å². The molecule has 3 rings (SSSR count). The van der Waals surface area contributed by atoms with Gasteiger partial charge in [0.15, 0.2) is 5.69 Å². The Labute approximate surface area is 153 Å². The highest BCUT2D eigenvalue weighted by atomic mass is 28.3. The van der Waals surface area contributed by atoms with Crippen molar-refractivity contribution in [3.8, 4) is 0 Å². The summed E-state index contributed by atoms with van der Waals surface area (Å²) in [5.74, 6) is 0. The fourth-order valence-corrected chi connectivity index (χ4v) is 8.75. The molecule has 0 N–H and O–H groups in total. The van der Waals surface area contributed by atoms with Crippen LogP contribution >= 0.6 is 0 Å². The van der Waals surface area contributed by atoms with Crippen LogP contribution in [0.5, 0.6) is 0 Å². The van der Waals surface area contributed by atoms with Crippen LogP contribution in [0.3, 0.4) is 0 Å². The monoisotopic (exact) mass is 361 g/mol. The molecule has 3 aromatic carbocycles. The molecular formula is C22H27NSi2. The van der Waals surface area contributed by atoms with Crippen LogP contribution in [-0.2, 0) is 0 Å². The van der Waals surface area contributed by atoms with Gasteiger partial charge in [-0.15, -0.1) is 0 Å². The maximum atomic E-state index is 7.37. The zero-order valence-corrected chi connectivity index (χ0v) is 18.4. The van der Waals surface area contributed by atoms with Gasteiger partial charge in [0.2, 0.25) is 0 Å². The molecule has 0 saturated heterocycles. The number of hydrogen-bond acceptors (Lipinski definition) is 0. The highest BCUT2D eigenvalue weighted by Crippen LogP contribution is 2.29. The Morgan fingerprint density at radius 2 is 1.04 bits per heavy atom. The summed E-state index contributed by atoms with van der Waals surface area (Å²) in [4.78, 5) is 3.67. The fourth-order valence-electron chi connectivity index (χ4n) is 3.56. The maximum absolute atomic E-state index is 7.37. The van der Waals surface area contributed by atoms with Crippen molar-refractivity contribution in [3.05, 3.63) is 53.4 Å². The van der Waals surface area contributed by atoms with E-state index in [-0.39, 0.29) is 0 Å². The van der Waals surface area contributed by atoms with E-state index in [0.717, 1.165) is 11.3 Å². The smallest absolute Gasteiger partial charge is 0.190 e. The Kier molecular flexibility index (Phi) is 4.17. The van der Waals surface area contributed by atoms with Crippen molar-refractivity contribution in [3.63, 3.8) is 0 Å². The molecule has 0 radical (unpaired) electrons. The van der Waals surface area contributed by atoms with Crippen LogP contribution in [0, 0.1) is 13.5 Å². The minimum absolute atomic E-state index is 0.760. The summed E-state index contributed by atoms with van der Waals surface area (Å²) >= 11 is 0. The number of hydrogen-bond donors (Lipinski definition) is 0. The van der Waals surface area contributed by atoms with Gasteiger partial charge in [0.25, 0.3) is 0 Å². The molecule has 0 fully saturated rings. The summed E-state index contributed by atoms with van der Waals surface area (Å²) in [5.41, 5.74) is 1.82. The van der Waals surface area contributed by atoms with Crippen LogP contribution in [0.1, 0.15) is 5.56 Å². The molecule has 0 atom stereocenters. The molecule has 0 bridgehead atoms. The molecule has 0 saturated carbocycles. The van der Waals surface area contributed by atoms with Gasteiger partial charge in [-0.05, 0) is 52.2 Å². The molecule has 0 unspecified atom stereocenters.